The van der Waals surface area contributed by atoms with E-state index in [4.69, 9.17) is 0 Å². The van der Waals surface area contributed by atoms with Crippen molar-refractivity contribution in [3.05, 3.63) is 76.9 Å². The van der Waals surface area contributed by atoms with E-state index in [2.05, 4.69) is 0 Å². The van der Waals surface area contributed by atoms with Crippen molar-refractivity contribution in [3.8, 4) is 0 Å². The fourth-order valence-corrected chi connectivity index (χ4v) is 3.07. The highest BCUT2D eigenvalue weighted by molar-refractivity contribution is 6.52. The number of carbonyl (C=O) groups excluding carboxylic acids is 3. The molecule has 0 unspecified atom stereocenters. The lowest BCUT2D eigenvalue weighted by molar-refractivity contribution is -0.117. The van der Waals surface area contributed by atoms with Crippen LogP contribution in [-0.4, -0.2) is 22.5 Å². The number of rotatable bonds is 4. The molecule has 0 aromatic heterocycles. The second-order valence-electron chi connectivity index (χ2n) is 5.84. The van der Waals surface area contributed by atoms with Gasteiger partial charge in [0.2, 0.25) is 11.6 Å². The van der Waals surface area contributed by atoms with Crippen molar-refractivity contribution in [2.24, 2.45) is 0 Å². The number of ketones is 3. The van der Waals surface area contributed by atoms with Gasteiger partial charge in [-0.1, -0.05) is 54.6 Å². The van der Waals surface area contributed by atoms with Crippen LogP contribution < -0.4 is 0 Å². The largest absolute Gasteiger partial charge is 0.507 e. The molecule has 0 saturated carbocycles. The van der Waals surface area contributed by atoms with Crippen LogP contribution in [0.25, 0.3) is 5.76 Å². The van der Waals surface area contributed by atoms with Crippen molar-refractivity contribution in [1.82, 2.24) is 0 Å². The Morgan fingerprint density at radius 2 is 1.50 bits per heavy atom. The van der Waals surface area contributed by atoms with Gasteiger partial charge >= 0.3 is 0 Å². The summed E-state index contributed by atoms with van der Waals surface area (Å²) in [7, 11) is 0. The maximum Gasteiger partial charge on any atom is 0.234 e. The van der Waals surface area contributed by atoms with Crippen LogP contribution in [0.5, 0.6) is 0 Å². The highest BCUT2D eigenvalue weighted by atomic mass is 16.3. The minimum absolute atomic E-state index is 0.0000926. The summed E-state index contributed by atoms with van der Waals surface area (Å²) in [6.07, 6.45) is 0.0462. The van der Waals surface area contributed by atoms with Gasteiger partial charge in [-0.25, -0.2) is 0 Å². The second kappa shape index (κ2) is 6.24. The molecule has 24 heavy (non-hydrogen) atoms. The molecule has 0 bridgehead atoms. The molecule has 1 aliphatic carbocycles. The predicted molar refractivity (Wildman–Crippen MR) is 89.8 cm³/mol. The predicted octanol–water partition coefficient (Wildman–Crippen LogP) is 3.48. The Morgan fingerprint density at radius 1 is 0.917 bits per heavy atom. The molecule has 4 heteroatoms. The minimum Gasteiger partial charge on any atom is -0.507 e. The summed E-state index contributed by atoms with van der Waals surface area (Å²) in [6, 6.07) is 15.4. The zero-order valence-corrected chi connectivity index (χ0v) is 13.2. The van der Waals surface area contributed by atoms with Crippen LogP contribution >= 0.6 is 0 Å². The van der Waals surface area contributed by atoms with Crippen molar-refractivity contribution in [2.75, 3.05) is 0 Å². The van der Waals surface area contributed by atoms with Gasteiger partial charge in [0.05, 0.1) is 5.57 Å². The third-order valence-corrected chi connectivity index (χ3v) is 4.17. The first kappa shape index (κ1) is 15.9. The van der Waals surface area contributed by atoms with E-state index in [1.807, 2.05) is 6.07 Å². The van der Waals surface area contributed by atoms with Crippen LogP contribution in [0.1, 0.15) is 40.7 Å². The third kappa shape index (κ3) is 2.67. The standard InChI is InChI=1S/C20H16O4/c1-12(21)11-16(13-7-3-2-4-8-13)17-18(22)14-9-5-6-10-15(14)19(23)20(17)24/h2-10,16,22H,11H2,1H3/t16-/m0/s1. The molecule has 0 heterocycles. The van der Waals surface area contributed by atoms with Crippen LogP contribution in [0.2, 0.25) is 0 Å². The first-order valence-electron chi connectivity index (χ1n) is 7.66. The smallest absolute Gasteiger partial charge is 0.234 e. The Hall–Kier alpha value is -3.01. The maximum absolute atomic E-state index is 12.6. The van der Waals surface area contributed by atoms with E-state index >= 15 is 0 Å². The van der Waals surface area contributed by atoms with Crippen molar-refractivity contribution in [2.45, 2.75) is 19.3 Å². The van der Waals surface area contributed by atoms with E-state index < -0.39 is 17.5 Å². The zero-order chi connectivity index (χ0) is 17.3. The molecule has 2 aromatic rings. The van der Waals surface area contributed by atoms with Crippen molar-refractivity contribution in [1.29, 1.82) is 0 Å². The third-order valence-electron chi connectivity index (χ3n) is 4.17. The van der Waals surface area contributed by atoms with Gasteiger partial charge in [-0.15, -0.1) is 0 Å². The number of carbonyl (C=O) groups is 3. The van der Waals surface area contributed by atoms with Gasteiger partial charge in [0.15, 0.2) is 0 Å². The van der Waals surface area contributed by atoms with Crippen LogP contribution in [0.3, 0.4) is 0 Å². The second-order valence-corrected chi connectivity index (χ2v) is 5.84. The lowest BCUT2D eigenvalue weighted by Crippen LogP contribution is -2.28. The Labute approximate surface area is 139 Å². The maximum atomic E-state index is 12.6. The molecule has 1 N–H and O–H groups in total. The van der Waals surface area contributed by atoms with Gasteiger partial charge in [0.1, 0.15) is 11.5 Å². The van der Waals surface area contributed by atoms with Crippen LogP contribution in [0.4, 0.5) is 0 Å². The number of hydrogen-bond donors (Lipinski definition) is 1. The molecule has 1 atom stereocenters. The lowest BCUT2D eigenvalue weighted by Gasteiger charge is -2.24. The van der Waals surface area contributed by atoms with Gasteiger partial charge in [0, 0.05) is 23.5 Å². The molecule has 4 nitrogen and oxygen atoms in total. The average molecular weight is 320 g/mol. The van der Waals surface area contributed by atoms with E-state index in [0.717, 1.165) is 5.56 Å². The van der Waals surface area contributed by atoms with Gasteiger partial charge < -0.3 is 5.11 Å². The molecular weight excluding hydrogens is 304 g/mol. The molecule has 0 saturated heterocycles. The minimum atomic E-state index is -0.749. The molecular formula is C20H16O4. The quantitative estimate of drug-likeness (QED) is 0.875. The number of Topliss-reactive ketones (excluding diaryl/α,β-unsaturated/α-hetero) is 3. The normalized spacial score (nSPS) is 15.2. The molecule has 0 radical (unpaired) electrons. The van der Waals surface area contributed by atoms with Gasteiger partial charge in [-0.3, -0.25) is 14.4 Å². The van der Waals surface area contributed by atoms with E-state index in [-0.39, 0.29) is 29.1 Å². The highest BCUT2D eigenvalue weighted by Crippen LogP contribution is 2.37. The van der Waals surface area contributed by atoms with E-state index in [0.29, 0.717) is 5.56 Å². The number of aliphatic hydroxyl groups excluding tert-OH is 1. The molecule has 0 fully saturated rings. The van der Waals surface area contributed by atoms with Gasteiger partial charge in [-0.05, 0) is 12.5 Å². The first-order valence-corrected chi connectivity index (χ1v) is 7.66. The molecule has 0 amide bonds. The lowest BCUT2D eigenvalue weighted by atomic mass is 9.78. The summed E-state index contributed by atoms with van der Waals surface area (Å²) in [4.78, 5) is 36.7. The number of benzene rings is 2. The van der Waals surface area contributed by atoms with Crippen molar-refractivity contribution >= 4 is 23.1 Å². The molecule has 120 valence electrons. The van der Waals surface area contributed by atoms with Gasteiger partial charge in [0.25, 0.3) is 0 Å². The monoisotopic (exact) mass is 320 g/mol. The summed E-state index contributed by atoms with van der Waals surface area (Å²) in [6.45, 7) is 1.43. The van der Waals surface area contributed by atoms with E-state index in [9.17, 15) is 19.5 Å². The molecule has 1 aliphatic rings. The van der Waals surface area contributed by atoms with Crippen LogP contribution in [0, 0.1) is 0 Å². The Kier molecular flexibility index (Phi) is 4.13. The summed E-state index contributed by atoms with van der Waals surface area (Å²) in [5.74, 6) is -2.38. The Morgan fingerprint density at radius 3 is 2.12 bits per heavy atom. The SMILES string of the molecule is CC(=O)C[C@H](C1=C(O)c2ccccc2C(=O)C1=O)c1ccccc1. The van der Waals surface area contributed by atoms with Crippen molar-refractivity contribution < 1.29 is 19.5 Å². The molecule has 0 spiro atoms. The summed E-state index contributed by atoms with van der Waals surface area (Å²) < 4.78 is 0. The van der Waals surface area contributed by atoms with Crippen LogP contribution in [0.15, 0.2) is 60.2 Å². The van der Waals surface area contributed by atoms with E-state index in [1.165, 1.54) is 13.0 Å². The molecule has 2 aromatic carbocycles. The molecule has 0 aliphatic heterocycles. The Balaban J connectivity index is 2.21. The summed E-state index contributed by atoms with van der Waals surface area (Å²) in [5.41, 5.74) is 1.25. The molecule has 3 rings (SSSR count). The first-order chi connectivity index (χ1) is 11.5. The summed E-state index contributed by atoms with van der Waals surface area (Å²) in [5, 5.41) is 10.6. The zero-order valence-electron chi connectivity index (χ0n) is 13.2. The fraction of sp³-hybridized carbons (Fsp3) is 0.150. The fourth-order valence-electron chi connectivity index (χ4n) is 3.07. The average Bonchev–Trinajstić information content (AvgIpc) is 2.59. The topological polar surface area (TPSA) is 71.4 Å². The summed E-state index contributed by atoms with van der Waals surface area (Å²) >= 11 is 0. The highest BCUT2D eigenvalue weighted by Gasteiger charge is 2.37. The Bertz CT molecular complexity index is 862. The number of aliphatic hydroxyl groups is 1. The number of fused-ring (bicyclic) bond motifs is 1. The number of allylic oxidation sites excluding steroid dienone is 1. The van der Waals surface area contributed by atoms with E-state index in [1.54, 1.807) is 42.5 Å². The van der Waals surface area contributed by atoms with Crippen molar-refractivity contribution in [3.63, 3.8) is 0 Å². The number of hydrogen-bond acceptors (Lipinski definition) is 4. The van der Waals surface area contributed by atoms with Gasteiger partial charge in [-0.2, -0.15) is 0 Å². The van der Waals surface area contributed by atoms with Crippen LogP contribution in [-0.2, 0) is 9.59 Å².